The lowest BCUT2D eigenvalue weighted by atomic mass is 9.77. The summed E-state index contributed by atoms with van der Waals surface area (Å²) in [5.41, 5.74) is 12.3. The first-order chi connectivity index (χ1) is 10.5. The maximum absolute atomic E-state index is 6.28. The predicted octanol–water partition coefficient (Wildman–Crippen LogP) is 2.00. The zero-order valence-electron chi connectivity index (χ0n) is 16.1. The van der Waals surface area contributed by atoms with E-state index in [0.29, 0.717) is 18.5 Å². The molecule has 0 radical (unpaired) electrons. The molecule has 6 nitrogen and oxygen atoms in total. The molecule has 0 unspecified atom stereocenters. The summed E-state index contributed by atoms with van der Waals surface area (Å²) in [7, 11) is 2.21. The molecule has 1 fully saturated rings. The highest BCUT2D eigenvalue weighted by molar-refractivity contribution is 5.93. The van der Waals surface area contributed by atoms with Crippen molar-refractivity contribution in [2.24, 2.45) is 21.5 Å². The summed E-state index contributed by atoms with van der Waals surface area (Å²) in [5, 5.41) is 0. The third-order valence-electron chi connectivity index (χ3n) is 5.04. The van der Waals surface area contributed by atoms with Crippen LogP contribution in [0.15, 0.2) is 9.98 Å². The third-order valence-corrected chi connectivity index (χ3v) is 5.04. The van der Waals surface area contributed by atoms with Crippen molar-refractivity contribution in [1.82, 2.24) is 9.80 Å². The zero-order valence-corrected chi connectivity index (χ0v) is 16.1. The molecule has 0 aliphatic carbocycles. The molecule has 0 aromatic rings. The van der Waals surface area contributed by atoms with E-state index in [-0.39, 0.29) is 17.0 Å². The molecule has 0 atom stereocenters. The van der Waals surface area contributed by atoms with Gasteiger partial charge in [0.2, 0.25) is 5.96 Å². The van der Waals surface area contributed by atoms with E-state index in [4.69, 9.17) is 11.5 Å². The quantitative estimate of drug-likeness (QED) is 0.612. The highest BCUT2D eigenvalue weighted by atomic mass is 15.3. The molecular weight excluding hydrogens is 288 g/mol. The van der Waals surface area contributed by atoms with E-state index in [9.17, 15) is 0 Å². The zero-order chi connectivity index (χ0) is 17.8. The summed E-state index contributed by atoms with van der Waals surface area (Å²) in [4.78, 5) is 13.1. The van der Waals surface area contributed by atoms with Crippen molar-refractivity contribution in [3.63, 3.8) is 0 Å². The van der Waals surface area contributed by atoms with Gasteiger partial charge in [-0.05, 0) is 60.9 Å². The Bertz CT molecular complexity index is 434. The largest absolute Gasteiger partial charge is 0.369 e. The highest BCUT2D eigenvalue weighted by Gasteiger charge is 2.44. The van der Waals surface area contributed by atoms with Gasteiger partial charge in [0.15, 0.2) is 5.96 Å². The molecule has 0 bridgehead atoms. The Kier molecular flexibility index (Phi) is 6.45. The number of guanidine groups is 2. The van der Waals surface area contributed by atoms with Crippen molar-refractivity contribution in [2.75, 3.05) is 20.1 Å². The second kappa shape index (κ2) is 7.51. The van der Waals surface area contributed by atoms with Crippen molar-refractivity contribution in [1.29, 1.82) is 0 Å². The van der Waals surface area contributed by atoms with Gasteiger partial charge in [-0.2, -0.15) is 4.99 Å². The van der Waals surface area contributed by atoms with Crippen molar-refractivity contribution >= 4 is 11.9 Å². The lowest BCUT2D eigenvalue weighted by Crippen LogP contribution is -2.64. The fourth-order valence-electron chi connectivity index (χ4n) is 3.64. The molecule has 1 heterocycles. The van der Waals surface area contributed by atoms with Crippen molar-refractivity contribution in [3.05, 3.63) is 0 Å². The Labute approximate surface area is 142 Å². The Balaban J connectivity index is 3.08. The molecule has 134 valence electrons. The minimum absolute atomic E-state index is 0.113. The van der Waals surface area contributed by atoms with Crippen LogP contribution in [0.1, 0.15) is 60.8 Å². The maximum atomic E-state index is 6.28. The molecule has 6 heteroatoms. The number of rotatable bonds is 4. The summed E-state index contributed by atoms with van der Waals surface area (Å²) < 4.78 is 0. The Morgan fingerprint density at radius 2 is 1.65 bits per heavy atom. The topological polar surface area (TPSA) is 83.2 Å². The molecule has 1 saturated heterocycles. The number of nitrogens with two attached hydrogens (primary N) is 2. The van der Waals surface area contributed by atoms with Crippen LogP contribution in [-0.4, -0.2) is 59.0 Å². The number of aliphatic imine (C=N–C) groups is 2. The van der Waals surface area contributed by atoms with Crippen LogP contribution in [0.5, 0.6) is 0 Å². The monoisotopic (exact) mass is 324 g/mol. The summed E-state index contributed by atoms with van der Waals surface area (Å²) in [6, 6.07) is 0.356. The van der Waals surface area contributed by atoms with Crippen molar-refractivity contribution < 1.29 is 0 Å². The summed E-state index contributed by atoms with van der Waals surface area (Å²) in [5.74, 6) is 0.750. The first kappa shape index (κ1) is 19.7. The first-order valence-corrected chi connectivity index (χ1v) is 8.69. The van der Waals surface area contributed by atoms with Crippen LogP contribution < -0.4 is 11.5 Å². The fraction of sp³-hybridized carbons (Fsp3) is 0.882. The van der Waals surface area contributed by atoms with Gasteiger partial charge in [0, 0.05) is 30.2 Å². The van der Waals surface area contributed by atoms with Gasteiger partial charge in [0.25, 0.3) is 0 Å². The molecule has 0 amide bonds. The van der Waals surface area contributed by atoms with Gasteiger partial charge in [-0.3, -0.25) is 9.89 Å². The van der Waals surface area contributed by atoms with Gasteiger partial charge in [0.05, 0.1) is 0 Å². The van der Waals surface area contributed by atoms with E-state index in [1.807, 2.05) is 6.92 Å². The first-order valence-electron chi connectivity index (χ1n) is 8.69. The number of hydrogen-bond acceptors (Lipinski definition) is 2. The van der Waals surface area contributed by atoms with E-state index in [1.165, 1.54) is 0 Å². The molecule has 0 aromatic carbocycles. The maximum Gasteiger partial charge on any atom is 0.218 e. The third kappa shape index (κ3) is 4.83. The Hall–Kier alpha value is -1.30. The van der Waals surface area contributed by atoms with Gasteiger partial charge in [-0.15, -0.1) is 0 Å². The molecule has 23 heavy (non-hydrogen) atoms. The summed E-state index contributed by atoms with van der Waals surface area (Å²) in [6.45, 7) is 14.8. The lowest BCUT2D eigenvalue weighted by Gasteiger charge is -2.55. The standard InChI is InChI=1S/C17H36N6/c1-8-10-23(15(19)21-14(18)20-9-2)13-11-16(3,4)22(7)17(5,6)12-13/h13H,8-12H2,1-7H3,(H4,18,19,20,21). The molecule has 0 saturated carbocycles. The second-order valence-electron chi connectivity index (χ2n) is 7.74. The Morgan fingerprint density at radius 3 is 2.09 bits per heavy atom. The van der Waals surface area contributed by atoms with Gasteiger partial charge in [-0.1, -0.05) is 6.92 Å². The number of hydrogen-bond donors (Lipinski definition) is 2. The van der Waals surface area contributed by atoms with Gasteiger partial charge in [-0.25, -0.2) is 0 Å². The van der Waals surface area contributed by atoms with Crippen LogP contribution in [0.25, 0.3) is 0 Å². The van der Waals surface area contributed by atoms with E-state index in [2.05, 4.69) is 61.5 Å². The van der Waals surface area contributed by atoms with E-state index < -0.39 is 0 Å². The van der Waals surface area contributed by atoms with Crippen LogP contribution in [0.3, 0.4) is 0 Å². The smallest absolute Gasteiger partial charge is 0.218 e. The summed E-state index contributed by atoms with van der Waals surface area (Å²) >= 11 is 0. The SMILES string of the molecule is CCCN(C(N)=NC(N)=NCC)C1CC(C)(C)N(C)C(C)(C)C1. The number of nitrogens with zero attached hydrogens (tertiary/aromatic N) is 4. The highest BCUT2D eigenvalue weighted by Crippen LogP contribution is 2.38. The van der Waals surface area contributed by atoms with Crippen LogP contribution >= 0.6 is 0 Å². The number of likely N-dealkylation sites (tertiary alicyclic amines) is 1. The van der Waals surface area contributed by atoms with E-state index in [0.717, 1.165) is 25.8 Å². The normalized spacial score (nSPS) is 23.1. The van der Waals surface area contributed by atoms with E-state index >= 15 is 0 Å². The van der Waals surface area contributed by atoms with Gasteiger partial charge >= 0.3 is 0 Å². The average molecular weight is 325 g/mol. The minimum Gasteiger partial charge on any atom is -0.369 e. The second-order valence-corrected chi connectivity index (χ2v) is 7.74. The van der Waals surface area contributed by atoms with Crippen molar-refractivity contribution in [3.8, 4) is 0 Å². The molecule has 1 aliphatic heterocycles. The van der Waals surface area contributed by atoms with Crippen LogP contribution in [0, 0.1) is 0 Å². The van der Waals surface area contributed by atoms with Gasteiger partial charge < -0.3 is 16.4 Å². The predicted molar refractivity (Wildman–Crippen MR) is 99.7 cm³/mol. The van der Waals surface area contributed by atoms with E-state index in [1.54, 1.807) is 0 Å². The van der Waals surface area contributed by atoms with Crippen LogP contribution in [0.2, 0.25) is 0 Å². The van der Waals surface area contributed by atoms with Crippen LogP contribution in [0.4, 0.5) is 0 Å². The molecule has 4 N–H and O–H groups in total. The Morgan fingerprint density at radius 1 is 1.13 bits per heavy atom. The minimum atomic E-state index is 0.113. The fourth-order valence-corrected chi connectivity index (χ4v) is 3.64. The molecule has 1 aliphatic rings. The molecule has 0 aromatic heterocycles. The number of piperidine rings is 1. The van der Waals surface area contributed by atoms with Crippen molar-refractivity contribution in [2.45, 2.75) is 77.9 Å². The summed E-state index contributed by atoms with van der Waals surface area (Å²) in [6.07, 6.45) is 3.12. The lowest BCUT2D eigenvalue weighted by molar-refractivity contribution is -0.0347. The molecular formula is C17H36N6. The average Bonchev–Trinajstić information content (AvgIpc) is 2.41. The molecule has 0 spiro atoms. The van der Waals surface area contributed by atoms with Crippen LogP contribution in [-0.2, 0) is 0 Å². The van der Waals surface area contributed by atoms with Gasteiger partial charge in [0.1, 0.15) is 0 Å². The molecule has 1 rings (SSSR count).